The van der Waals surface area contributed by atoms with Crippen molar-refractivity contribution < 1.29 is 14.3 Å². The molecule has 0 unspecified atom stereocenters. The zero-order chi connectivity index (χ0) is 21.9. The predicted octanol–water partition coefficient (Wildman–Crippen LogP) is 4.46. The van der Waals surface area contributed by atoms with Gasteiger partial charge in [0.25, 0.3) is 0 Å². The summed E-state index contributed by atoms with van der Waals surface area (Å²) in [5, 5.41) is 5.07. The molecule has 5 rings (SSSR count). The maximum Gasteiger partial charge on any atom is 0.227 e. The van der Waals surface area contributed by atoms with Gasteiger partial charge in [-0.2, -0.15) is 0 Å². The Morgan fingerprint density at radius 2 is 1.84 bits per heavy atom. The van der Waals surface area contributed by atoms with Gasteiger partial charge in [-0.1, -0.05) is 12.1 Å². The molecule has 2 aliphatic heterocycles. The molecule has 7 heteroatoms. The number of nitrogens with one attached hydrogen (secondary N) is 1. The number of ether oxygens (including phenoxy) is 1. The van der Waals surface area contributed by atoms with E-state index in [1.165, 1.54) is 10.4 Å². The minimum Gasteiger partial charge on any atom is -0.490 e. The molecule has 32 heavy (non-hydrogen) atoms. The molecule has 6 nitrogen and oxygen atoms in total. The second-order valence-electron chi connectivity index (χ2n) is 8.00. The smallest absolute Gasteiger partial charge is 0.227 e. The summed E-state index contributed by atoms with van der Waals surface area (Å²) in [6, 6.07) is 17.6. The summed E-state index contributed by atoms with van der Waals surface area (Å²) in [7, 11) is 0. The molecule has 0 atom stereocenters. The maximum absolute atomic E-state index is 12.7. The summed E-state index contributed by atoms with van der Waals surface area (Å²) in [5.74, 6) is 0.484. The molecule has 1 N–H and O–H groups in total. The van der Waals surface area contributed by atoms with Crippen molar-refractivity contribution in [3.05, 3.63) is 70.4 Å². The lowest BCUT2D eigenvalue weighted by atomic mass is 10.1. The Labute approximate surface area is 191 Å². The number of nitrogens with zero attached hydrogens (tertiary/aromatic N) is 2. The van der Waals surface area contributed by atoms with Gasteiger partial charge in [0.05, 0.1) is 12.2 Å². The van der Waals surface area contributed by atoms with Crippen LogP contribution in [0.3, 0.4) is 0 Å². The summed E-state index contributed by atoms with van der Waals surface area (Å²) in [6.45, 7) is 2.90. The molecule has 0 saturated carbocycles. The van der Waals surface area contributed by atoms with Crippen LogP contribution in [0.1, 0.15) is 23.3 Å². The summed E-state index contributed by atoms with van der Waals surface area (Å²) < 4.78 is 5.60. The van der Waals surface area contributed by atoms with Crippen LogP contribution in [0.5, 0.6) is 5.75 Å². The number of thiophene rings is 1. The number of carbonyl (C=O) groups is 2. The van der Waals surface area contributed by atoms with Crippen LogP contribution in [0.2, 0.25) is 0 Å². The number of hydrogen-bond donors (Lipinski definition) is 1. The van der Waals surface area contributed by atoms with Crippen LogP contribution in [0, 0.1) is 0 Å². The molecule has 0 radical (unpaired) electrons. The number of benzene rings is 2. The first kappa shape index (κ1) is 20.6. The van der Waals surface area contributed by atoms with E-state index in [0.717, 1.165) is 36.6 Å². The lowest BCUT2D eigenvalue weighted by Crippen LogP contribution is -2.38. The van der Waals surface area contributed by atoms with Crippen LogP contribution in [-0.4, -0.2) is 31.5 Å². The second kappa shape index (κ2) is 9.04. The zero-order valence-electron chi connectivity index (χ0n) is 17.8. The summed E-state index contributed by atoms with van der Waals surface area (Å²) in [4.78, 5) is 30.7. The predicted molar refractivity (Wildman–Crippen MR) is 128 cm³/mol. The summed E-state index contributed by atoms with van der Waals surface area (Å²) >= 11 is 1.84. The van der Waals surface area contributed by atoms with E-state index in [9.17, 15) is 9.59 Å². The van der Waals surface area contributed by atoms with Crippen molar-refractivity contribution in [2.45, 2.75) is 25.8 Å². The standard InChI is InChI=1S/C25H25N3O3S/c29-24(9-10-25(30)28-14-15-31-22-4-2-1-3-21(22)28)26-19-5-7-20(8-6-19)27-13-11-23-18(17-27)12-16-32-23/h1-8,12,16H,9-11,13-15,17H2,(H,26,29). The molecule has 164 valence electrons. The number of anilines is 3. The molecule has 2 aromatic carbocycles. The monoisotopic (exact) mass is 447 g/mol. The van der Waals surface area contributed by atoms with E-state index < -0.39 is 0 Å². The van der Waals surface area contributed by atoms with Gasteiger partial charge in [-0.15, -0.1) is 11.3 Å². The summed E-state index contributed by atoms with van der Waals surface area (Å²) in [6.07, 6.45) is 1.38. The molecule has 0 fully saturated rings. The molecular formula is C25H25N3O3S. The van der Waals surface area contributed by atoms with Crippen LogP contribution in [0.15, 0.2) is 60.0 Å². The minimum absolute atomic E-state index is 0.0656. The van der Waals surface area contributed by atoms with Gasteiger partial charge in [-0.05, 0) is 59.8 Å². The normalized spacial score (nSPS) is 14.9. The Kier molecular flexibility index (Phi) is 5.81. The first-order valence-corrected chi connectivity index (χ1v) is 11.8. The molecule has 2 amide bonds. The van der Waals surface area contributed by atoms with Gasteiger partial charge in [0.1, 0.15) is 12.4 Å². The van der Waals surface area contributed by atoms with E-state index in [2.05, 4.69) is 21.7 Å². The topological polar surface area (TPSA) is 61.9 Å². The first-order chi connectivity index (χ1) is 15.7. The van der Waals surface area contributed by atoms with Gasteiger partial charge in [-0.25, -0.2) is 0 Å². The highest BCUT2D eigenvalue weighted by molar-refractivity contribution is 7.10. The van der Waals surface area contributed by atoms with Gasteiger partial charge in [0, 0.05) is 42.2 Å². The number of carbonyl (C=O) groups excluding carboxylic acids is 2. The van der Waals surface area contributed by atoms with Crippen molar-refractivity contribution >= 4 is 40.2 Å². The fraction of sp³-hybridized carbons (Fsp3) is 0.280. The number of rotatable bonds is 5. The SMILES string of the molecule is O=C(CCC(=O)N1CCOc2ccccc21)Nc1ccc(N2CCc3sccc3C2)cc1. The number of hydrogen-bond acceptors (Lipinski definition) is 5. The second-order valence-corrected chi connectivity index (χ2v) is 9.00. The van der Waals surface area contributed by atoms with Crippen molar-refractivity contribution in [1.82, 2.24) is 0 Å². The van der Waals surface area contributed by atoms with Gasteiger partial charge in [0.2, 0.25) is 11.8 Å². The first-order valence-electron chi connectivity index (χ1n) is 10.9. The van der Waals surface area contributed by atoms with Crippen LogP contribution >= 0.6 is 11.3 Å². The minimum atomic E-state index is -0.159. The average molecular weight is 448 g/mol. The zero-order valence-corrected chi connectivity index (χ0v) is 18.6. The largest absolute Gasteiger partial charge is 0.490 e. The van der Waals surface area contributed by atoms with Crippen molar-refractivity contribution in [3.63, 3.8) is 0 Å². The van der Waals surface area contributed by atoms with Crippen LogP contribution in [-0.2, 0) is 22.6 Å². The third-order valence-electron chi connectivity index (χ3n) is 5.92. The Bertz CT molecular complexity index is 1130. The highest BCUT2D eigenvalue weighted by Crippen LogP contribution is 2.31. The molecule has 0 aliphatic carbocycles. The van der Waals surface area contributed by atoms with E-state index in [-0.39, 0.29) is 24.7 Å². The molecule has 0 spiro atoms. The lowest BCUT2D eigenvalue weighted by Gasteiger charge is -2.29. The maximum atomic E-state index is 12.7. The average Bonchev–Trinajstić information content (AvgIpc) is 3.31. The highest BCUT2D eigenvalue weighted by atomic mass is 32.1. The van der Waals surface area contributed by atoms with Gasteiger partial charge < -0.3 is 19.9 Å². The Morgan fingerprint density at radius 3 is 2.72 bits per heavy atom. The molecule has 3 heterocycles. The third-order valence-corrected chi connectivity index (χ3v) is 6.94. The van der Waals surface area contributed by atoms with E-state index in [0.29, 0.717) is 18.9 Å². The quantitative estimate of drug-likeness (QED) is 0.628. The van der Waals surface area contributed by atoms with Crippen molar-refractivity contribution in [1.29, 1.82) is 0 Å². The molecule has 1 aromatic heterocycles. The fourth-order valence-electron chi connectivity index (χ4n) is 4.23. The molecule has 3 aromatic rings. The van der Waals surface area contributed by atoms with Crippen molar-refractivity contribution in [3.8, 4) is 5.75 Å². The molecule has 0 saturated heterocycles. The Balaban J connectivity index is 1.14. The lowest BCUT2D eigenvalue weighted by molar-refractivity contribution is -0.122. The highest BCUT2D eigenvalue weighted by Gasteiger charge is 2.23. The van der Waals surface area contributed by atoms with Crippen LogP contribution < -0.4 is 19.9 Å². The molecular weight excluding hydrogens is 422 g/mol. The van der Waals surface area contributed by atoms with Gasteiger partial charge in [0.15, 0.2) is 0 Å². The number of fused-ring (bicyclic) bond motifs is 2. The Morgan fingerprint density at radius 1 is 1.00 bits per heavy atom. The van der Waals surface area contributed by atoms with Crippen molar-refractivity contribution in [2.24, 2.45) is 0 Å². The van der Waals surface area contributed by atoms with Gasteiger partial charge in [-0.3, -0.25) is 9.59 Å². The number of amides is 2. The van der Waals surface area contributed by atoms with Gasteiger partial charge >= 0.3 is 0 Å². The van der Waals surface area contributed by atoms with E-state index in [1.54, 1.807) is 4.90 Å². The number of para-hydroxylation sites is 2. The van der Waals surface area contributed by atoms with Crippen molar-refractivity contribution in [2.75, 3.05) is 34.8 Å². The molecule has 2 aliphatic rings. The van der Waals surface area contributed by atoms with E-state index in [1.807, 2.05) is 59.9 Å². The Hall–Kier alpha value is -3.32. The third kappa shape index (κ3) is 4.34. The van der Waals surface area contributed by atoms with Crippen LogP contribution in [0.4, 0.5) is 17.1 Å². The van der Waals surface area contributed by atoms with Crippen LogP contribution in [0.25, 0.3) is 0 Å². The fourth-order valence-corrected chi connectivity index (χ4v) is 5.12. The van der Waals surface area contributed by atoms with E-state index >= 15 is 0 Å². The molecule has 0 bridgehead atoms. The summed E-state index contributed by atoms with van der Waals surface area (Å²) in [5.41, 5.74) is 4.08. The van der Waals surface area contributed by atoms with E-state index in [4.69, 9.17) is 4.74 Å².